The molecule has 2 atom stereocenters. The number of aryl methyl sites for hydroxylation is 3. The second-order valence-corrected chi connectivity index (χ2v) is 14.8. The summed E-state index contributed by atoms with van der Waals surface area (Å²) in [5, 5.41) is 0. The molecular formula is C41H51N7O6. The van der Waals surface area contributed by atoms with Crippen LogP contribution in [0.25, 0.3) is 0 Å². The van der Waals surface area contributed by atoms with Gasteiger partial charge in [-0.25, -0.2) is 15.0 Å². The summed E-state index contributed by atoms with van der Waals surface area (Å²) in [6, 6.07) is 12.5. The maximum atomic E-state index is 6.29. The number of nitrogens with zero attached hydrogens (tertiary/aromatic N) is 7. The first-order valence-corrected chi connectivity index (χ1v) is 19.5. The minimum absolute atomic E-state index is 0.0680. The average Bonchev–Trinajstić information content (AvgIpc) is 3.19. The number of fused-ring (bicyclic) bond motifs is 2. The molecule has 4 aliphatic rings. The molecule has 0 saturated carbocycles. The summed E-state index contributed by atoms with van der Waals surface area (Å²) in [5.41, 5.74) is 4.82. The van der Waals surface area contributed by atoms with Gasteiger partial charge in [0.1, 0.15) is 38.3 Å². The van der Waals surface area contributed by atoms with Crippen molar-refractivity contribution in [3.63, 3.8) is 0 Å². The Labute approximate surface area is 317 Å². The number of rotatable bonds is 12. The molecule has 13 nitrogen and oxygen atoms in total. The highest BCUT2D eigenvalue weighted by atomic mass is 16.6. The van der Waals surface area contributed by atoms with Crippen LogP contribution in [0.1, 0.15) is 79.1 Å². The Hall–Kier alpha value is -4.75. The van der Waals surface area contributed by atoms with Crippen LogP contribution >= 0.6 is 0 Å². The van der Waals surface area contributed by atoms with Gasteiger partial charge in [-0.15, -0.1) is 0 Å². The van der Waals surface area contributed by atoms with Crippen molar-refractivity contribution in [3.8, 4) is 34.9 Å². The van der Waals surface area contributed by atoms with E-state index in [2.05, 4.69) is 36.9 Å². The van der Waals surface area contributed by atoms with Crippen LogP contribution in [0.3, 0.4) is 0 Å². The third-order valence-corrected chi connectivity index (χ3v) is 10.8. The van der Waals surface area contributed by atoms with Gasteiger partial charge in [-0.3, -0.25) is 19.8 Å². The Kier molecular flexibility index (Phi) is 11.2. The Morgan fingerprint density at radius 1 is 0.648 bits per heavy atom. The molecule has 13 heteroatoms. The number of hydrogen-bond acceptors (Lipinski definition) is 13. The standard InChI is InChI=1S/C41H51N7O6/c1-27-22-32(23-28(2)43-27)53-26-30-10-14-47(15-11-30)35(33-4-8-37-40(45-33)51-20-18-49-37)6-7-36(34-5-9-38-41(46-34)52-21-19-50-38)48-16-12-31(13-17-48)54-39-25-42-24-29(3)44-39/h4-5,8-9,22-25,30-31,35-36H,6-7,10-21,26H2,1-3H3. The molecule has 2 unspecified atom stereocenters. The molecule has 4 aliphatic heterocycles. The number of aromatic nitrogens is 5. The summed E-state index contributed by atoms with van der Waals surface area (Å²) in [6.45, 7) is 12.4. The van der Waals surface area contributed by atoms with Gasteiger partial charge in [0.15, 0.2) is 11.5 Å². The normalized spacial score (nSPS) is 19.2. The van der Waals surface area contributed by atoms with E-state index < -0.39 is 0 Å². The summed E-state index contributed by atoms with van der Waals surface area (Å²) in [4.78, 5) is 28.6. The first-order chi connectivity index (χ1) is 26.4. The van der Waals surface area contributed by atoms with Crippen molar-refractivity contribution in [2.24, 2.45) is 5.92 Å². The van der Waals surface area contributed by atoms with Crippen LogP contribution in [-0.2, 0) is 0 Å². The van der Waals surface area contributed by atoms with Crippen LogP contribution < -0.4 is 28.4 Å². The number of ether oxygens (including phenoxy) is 6. The molecule has 8 rings (SSSR count). The quantitative estimate of drug-likeness (QED) is 0.168. The molecule has 0 N–H and O–H groups in total. The van der Waals surface area contributed by atoms with Gasteiger partial charge in [0, 0.05) is 42.8 Å². The fraction of sp³-hybridized carbons (Fsp3) is 0.537. The van der Waals surface area contributed by atoms with Gasteiger partial charge in [0.25, 0.3) is 11.8 Å². The monoisotopic (exact) mass is 737 g/mol. The third kappa shape index (κ3) is 8.79. The zero-order valence-electron chi connectivity index (χ0n) is 31.6. The lowest BCUT2D eigenvalue weighted by atomic mass is 9.92. The topological polar surface area (TPSA) is 126 Å². The first kappa shape index (κ1) is 36.2. The Morgan fingerprint density at radius 3 is 1.78 bits per heavy atom. The lowest BCUT2D eigenvalue weighted by Gasteiger charge is -2.40. The van der Waals surface area contributed by atoms with Gasteiger partial charge in [0.05, 0.1) is 42.0 Å². The third-order valence-electron chi connectivity index (χ3n) is 10.8. The van der Waals surface area contributed by atoms with Crippen LogP contribution in [0.4, 0.5) is 0 Å². The maximum absolute atomic E-state index is 6.29. The second kappa shape index (κ2) is 16.7. The van der Waals surface area contributed by atoms with Gasteiger partial charge in [-0.1, -0.05) is 0 Å². The molecule has 54 heavy (non-hydrogen) atoms. The van der Waals surface area contributed by atoms with E-state index in [0.29, 0.717) is 68.1 Å². The largest absolute Gasteiger partial charge is 0.493 e. The summed E-state index contributed by atoms with van der Waals surface area (Å²) >= 11 is 0. The fourth-order valence-electron chi connectivity index (χ4n) is 8.11. The molecule has 8 heterocycles. The fourth-order valence-corrected chi connectivity index (χ4v) is 8.11. The lowest BCUT2D eigenvalue weighted by Crippen LogP contribution is -2.42. The summed E-state index contributed by atoms with van der Waals surface area (Å²) in [6.07, 6.45) is 9.17. The predicted molar refractivity (Wildman–Crippen MR) is 201 cm³/mol. The van der Waals surface area contributed by atoms with Crippen LogP contribution in [0.2, 0.25) is 0 Å². The van der Waals surface area contributed by atoms with E-state index in [1.807, 2.05) is 45.0 Å². The number of piperidine rings is 2. The zero-order valence-corrected chi connectivity index (χ0v) is 31.6. The molecule has 0 bridgehead atoms. The molecule has 286 valence electrons. The van der Waals surface area contributed by atoms with E-state index in [9.17, 15) is 0 Å². The van der Waals surface area contributed by atoms with Gasteiger partial charge < -0.3 is 28.4 Å². The van der Waals surface area contributed by atoms with Crippen molar-refractivity contribution in [3.05, 3.63) is 77.3 Å². The number of pyridine rings is 3. The molecule has 2 fully saturated rings. The predicted octanol–water partition coefficient (Wildman–Crippen LogP) is 6.03. The SMILES string of the molecule is Cc1cc(OCC2CCN(C(CCC(c3ccc4c(n3)OCCO4)N3CCC(Oc4cncc(C)n4)CC3)c3ccc4c(n3)OCCO4)CC2)cc(C)n1. The van der Waals surface area contributed by atoms with Crippen LogP contribution in [0, 0.1) is 26.7 Å². The summed E-state index contributed by atoms with van der Waals surface area (Å²) in [5.74, 6) is 4.54. The van der Waals surface area contributed by atoms with Crippen molar-refractivity contribution in [2.75, 3.05) is 59.2 Å². The Morgan fingerprint density at radius 2 is 1.20 bits per heavy atom. The summed E-state index contributed by atoms with van der Waals surface area (Å²) in [7, 11) is 0. The Balaban J connectivity index is 0.994. The highest BCUT2D eigenvalue weighted by Gasteiger charge is 2.33. The molecule has 4 aromatic heterocycles. The number of likely N-dealkylation sites (tertiary alicyclic amines) is 2. The van der Waals surface area contributed by atoms with E-state index >= 15 is 0 Å². The molecule has 2 saturated heterocycles. The lowest BCUT2D eigenvalue weighted by molar-refractivity contribution is 0.0581. The van der Waals surface area contributed by atoms with Crippen molar-refractivity contribution in [2.45, 2.75) is 77.5 Å². The number of hydrogen-bond donors (Lipinski definition) is 0. The van der Waals surface area contributed by atoms with E-state index in [1.165, 1.54) is 0 Å². The van der Waals surface area contributed by atoms with E-state index in [4.69, 9.17) is 38.4 Å². The highest BCUT2D eigenvalue weighted by molar-refractivity contribution is 5.38. The van der Waals surface area contributed by atoms with Crippen molar-refractivity contribution in [1.82, 2.24) is 34.7 Å². The van der Waals surface area contributed by atoms with E-state index in [-0.39, 0.29) is 18.2 Å². The zero-order chi connectivity index (χ0) is 36.9. The molecule has 0 aliphatic carbocycles. The smallest absolute Gasteiger partial charge is 0.257 e. The van der Waals surface area contributed by atoms with Gasteiger partial charge >= 0.3 is 0 Å². The molecule has 0 amide bonds. The van der Waals surface area contributed by atoms with Crippen LogP contribution in [0.5, 0.6) is 34.9 Å². The van der Waals surface area contributed by atoms with Crippen LogP contribution in [-0.4, -0.2) is 100 Å². The minimum Gasteiger partial charge on any atom is -0.493 e. The van der Waals surface area contributed by atoms with Crippen molar-refractivity contribution >= 4 is 0 Å². The van der Waals surface area contributed by atoms with E-state index in [1.54, 1.807) is 12.4 Å². The van der Waals surface area contributed by atoms with Gasteiger partial charge in [-0.05, 0) is 103 Å². The van der Waals surface area contributed by atoms with Gasteiger partial charge in [0.2, 0.25) is 5.88 Å². The molecule has 0 aromatic carbocycles. The molecule has 4 aromatic rings. The second-order valence-electron chi connectivity index (χ2n) is 14.8. The first-order valence-electron chi connectivity index (χ1n) is 19.5. The Bertz CT molecular complexity index is 1860. The maximum Gasteiger partial charge on any atom is 0.257 e. The molecule has 0 radical (unpaired) electrons. The molecule has 0 spiro atoms. The van der Waals surface area contributed by atoms with Crippen molar-refractivity contribution in [1.29, 1.82) is 0 Å². The minimum atomic E-state index is 0.0680. The van der Waals surface area contributed by atoms with Crippen LogP contribution in [0.15, 0.2) is 48.8 Å². The summed E-state index contributed by atoms with van der Waals surface area (Å²) < 4.78 is 36.2. The van der Waals surface area contributed by atoms with E-state index in [0.717, 1.165) is 98.9 Å². The average molecular weight is 738 g/mol. The highest BCUT2D eigenvalue weighted by Crippen LogP contribution is 2.39. The van der Waals surface area contributed by atoms with Crippen molar-refractivity contribution < 1.29 is 28.4 Å². The molecular weight excluding hydrogens is 686 g/mol. The van der Waals surface area contributed by atoms with Gasteiger partial charge in [-0.2, -0.15) is 0 Å².